The Labute approximate surface area is 201 Å². The van der Waals surface area contributed by atoms with Gasteiger partial charge < -0.3 is 9.64 Å². The molecule has 174 valence electrons. The minimum absolute atomic E-state index is 0.00336. The lowest BCUT2D eigenvalue weighted by Crippen LogP contribution is -2.42. The molecule has 0 radical (unpaired) electrons. The molecule has 1 amide bonds. The van der Waals surface area contributed by atoms with Crippen LogP contribution >= 0.6 is 0 Å². The summed E-state index contributed by atoms with van der Waals surface area (Å²) in [5, 5.41) is 0. The van der Waals surface area contributed by atoms with Crippen molar-refractivity contribution < 1.29 is 14.3 Å². The van der Waals surface area contributed by atoms with Crippen LogP contribution < -0.4 is 4.74 Å². The maximum absolute atomic E-state index is 13.9. The average Bonchev–Trinajstić information content (AvgIpc) is 2.89. The predicted molar refractivity (Wildman–Crippen MR) is 133 cm³/mol. The molecule has 1 aromatic heterocycles. The van der Waals surface area contributed by atoms with Crippen LogP contribution in [0, 0.1) is 5.92 Å². The van der Waals surface area contributed by atoms with Crippen LogP contribution in [-0.2, 0) is 11.2 Å². The number of carbonyl (C=O) groups excluding carboxylic acids is 2. The van der Waals surface area contributed by atoms with Gasteiger partial charge in [-0.3, -0.25) is 14.6 Å². The lowest BCUT2D eigenvalue weighted by molar-refractivity contribution is -0.137. The molecule has 4 rings (SSSR count). The van der Waals surface area contributed by atoms with Crippen LogP contribution in [-0.4, -0.2) is 34.7 Å². The smallest absolute Gasteiger partial charge is 0.227 e. The second-order valence-corrected chi connectivity index (χ2v) is 8.47. The number of pyridine rings is 1. The molecule has 1 aliphatic rings. The van der Waals surface area contributed by atoms with Gasteiger partial charge in [0.1, 0.15) is 5.75 Å². The first kappa shape index (κ1) is 23.4. The Morgan fingerprint density at radius 1 is 1.06 bits per heavy atom. The molecule has 0 spiro atoms. The van der Waals surface area contributed by atoms with Crippen LogP contribution in [0.3, 0.4) is 0 Å². The molecule has 0 fully saturated rings. The zero-order valence-corrected chi connectivity index (χ0v) is 19.5. The number of aromatic nitrogens is 1. The number of ether oxygens (including phenoxy) is 1. The topological polar surface area (TPSA) is 59.5 Å². The molecule has 1 unspecified atom stereocenters. The molecule has 1 aliphatic heterocycles. The summed E-state index contributed by atoms with van der Waals surface area (Å²) in [5.74, 6) is 0.145. The number of carbonyl (C=O) groups is 2. The molecule has 2 aromatic carbocycles. The third-order valence-electron chi connectivity index (χ3n) is 6.13. The van der Waals surface area contributed by atoms with E-state index in [9.17, 15) is 9.59 Å². The van der Waals surface area contributed by atoms with Gasteiger partial charge in [0.05, 0.1) is 12.6 Å². The van der Waals surface area contributed by atoms with Gasteiger partial charge in [0.15, 0.2) is 5.78 Å². The molecule has 5 nitrogen and oxygen atoms in total. The highest BCUT2D eigenvalue weighted by Crippen LogP contribution is 2.30. The molecular weight excluding hydrogens is 424 g/mol. The van der Waals surface area contributed by atoms with Crippen LogP contribution in [0.15, 0.2) is 91.3 Å². The average molecular weight is 455 g/mol. The highest BCUT2D eigenvalue weighted by molar-refractivity contribution is 5.99. The van der Waals surface area contributed by atoms with Gasteiger partial charge in [0, 0.05) is 36.8 Å². The standard InChI is InChI=1S/C29H30N2O3/c1-2-34-26-14-8-12-23(19-26)28(32)20-25(18-22-10-4-3-5-11-22)29(33)31-17-7-6-15-27(31)24-13-9-16-30-21-24/h3-14,16,19,21,25,27H,2,15,17-18,20H2,1H3/t25-,27?/m1/s1. The monoisotopic (exact) mass is 454 g/mol. The summed E-state index contributed by atoms with van der Waals surface area (Å²) in [6, 6.07) is 20.9. The number of hydrogen-bond acceptors (Lipinski definition) is 4. The maximum Gasteiger partial charge on any atom is 0.227 e. The Morgan fingerprint density at radius 2 is 1.91 bits per heavy atom. The van der Waals surface area contributed by atoms with Crippen molar-refractivity contribution in [2.75, 3.05) is 13.2 Å². The Kier molecular flexibility index (Phi) is 7.87. The minimum atomic E-state index is -0.462. The molecule has 0 aliphatic carbocycles. The predicted octanol–water partition coefficient (Wildman–Crippen LogP) is 5.44. The molecule has 34 heavy (non-hydrogen) atoms. The highest BCUT2D eigenvalue weighted by atomic mass is 16.5. The highest BCUT2D eigenvalue weighted by Gasteiger charge is 2.32. The normalized spacial score (nSPS) is 16.1. The van der Waals surface area contributed by atoms with Crippen LogP contribution in [0.4, 0.5) is 0 Å². The van der Waals surface area contributed by atoms with E-state index in [-0.39, 0.29) is 24.2 Å². The number of hydrogen-bond donors (Lipinski definition) is 0. The van der Waals surface area contributed by atoms with Crippen molar-refractivity contribution in [2.45, 2.75) is 32.2 Å². The first-order valence-corrected chi connectivity index (χ1v) is 11.8. The summed E-state index contributed by atoms with van der Waals surface area (Å²) < 4.78 is 5.56. The molecule has 3 aromatic rings. The third-order valence-corrected chi connectivity index (χ3v) is 6.13. The van der Waals surface area contributed by atoms with Crippen LogP contribution in [0.1, 0.15) is 47.3 Å². The SMILES string of the molecule is CCOc1cccc(C(=O)C[C@@H](Cc2ccccc2)C(=O)N2CC=CCC2c2cccnc2)c1. The number of ketones is 1. The summed E-state index contributed by atoms with van der Waals surface area (Å²) in [5.41, 5.74) is 2.62. The van der Waals surface area contributed by atoms with E-state index in [0.717, 1.165) is 17.5 Å². The van der Waals surface area contributed by atoms with E-state index in [1.165, 1.54) is 0 Å². The first-order valence-electron chi connectivity index (χ1n) is 11.8. The summed E-state index contributed by atoms with van der Waals surface area (Å²) >= 11 is 0. The van der Waals surface area contributed by atoms with E-state index in [1.807, 2.05) is 78.7 Å². The second-order valence-electron chi connectivity index (χ2n) is 8.47. The fourth-order valence-electron chi connectivity index (χ4n) is 4.45. The Morgan fingerprint density at radius 3 is 2.68 bits per heavy atom. The van der Waals surface area contributed by atoms with Crippen LogP contribution in [0.25, 0.3) is 0 Å². The minimum Gasteiger partial charge on any atom is -0.494 e. The molecule has 0 saturated carbocycles. The van der Waals surface area contributed by atoms with Gasteiger partial charge in [0.25, 0.3) is 0 Å². The Bertz CT molecular complexity index is 1130. The fraction of sp³-hybridized carbons (Fsp3) is 0.276. The molecule has 2 heterocycles. The van der Waals surface area contributed by atoms with Crippen molar-refractivity contribution in [1.82, 2.24) is 9.88 Å². The number of Topliss-reactive ketones (excluding diaryl/α,β-unsaturated/α-hetero) is 1. The molecule has 0 saturated heterocycles. The molecule has 0 bridgehead atoms. The lowest BCUT2D eigenvalue weighted by Gasteiger charge is -2.35. The van der Waals surface area contributed by atoms with Crippen LogP contribution in [0.2, 0.25) is 0 Å². The van der Waals surface area contributed by atoms with Gasteiger partial charge in [-0.25, -0.2) is 0 Å². The van der Waals surface area contributed by atoms with Gasteiger partial charge in [-0.05, 0) is 49.1 Å². The summed E-state index contributed by atoms with van der Waals surface area (Å²) in [4.78, 5) is 33.4. The lowest BCUT2D eigenvalue weighted by atomic mass is 9.89. The second kappa shape index (κ2) is 11.4. The van der Waals surface area contributed by atoms with Gasteiger partial charge in [-0.15, -0.1) is 0 Å². The quantitative estimate of drug-likeness (QED) is 0.319. The zero-order chi connectivity index (χ0) is 23.8. The zero-order valence-electron chi connectivity index (χ0n) is 19.5. The van der Waals surface area contributed by atoms with E-state index in [2.05, 4.69) is 11.1 Å². The number of rotatable bonds is 9. The van der Waals surface area contributed by atoms with Gasteiger partial charge in [-0.1, -0.05) is 60.7 Å². The van der Waals surface area contributed by atoms with Crippen molar-refractivity contribution >= 4 is 11.7 Å². The Balaban J connectivity index is 1.60. The summed E-state index contributed by atoms with van der Waals surface area (Å²) in [7, 11) is 0. The fourth-order valence-corrected chi connectivity index (χ4v) is 4.45. The molecule has 5 heteroatoms. The van der Waals surface area contributed by atoms with E-state index < -0.39 is 5.92 Å². The van der Waals surface area contributed by atoms with Crippen LogP contribution in [0.5, 0.6) is 5.75 Å². The largest absolute Gasteiger partial charge is 0.494 e. The van der Waals surface area contributed by atoms with E-state index in [0.29, 0.717) is 30.9 Å². The van der Waals surface area contributed by atoms with Gasteiger partial charge in [-0.2, -0.15) is 0 Å². The van der Waals surface area contributed by atoms with Crippen molar-refractivity contribution in [1.29, 1.82) is 0 Å². The summed E-state index contributed by atoms with van der Waals surface area (Å²) in [6.45, 7) is 2.97. The first-order chi connectivity index (χ1) is 16.7. The van der Waals surface area contributed by atoms with Crippen molar-refractivity contribution in [3.63, 3.8) is 0 Å². The number of benzene rings is 2. The van der Waals surface area contributed by atoms with Gasteiger partial charge in [0.2, 0.25) is 5.91 Å². The van der Waals surface area contributed by atoms with E-state index >= 15 is 0 Å². The van der Waals surface area contributed by atoms with Gasteiger partial charge >= 0.3 is 0 Å². The van der Waals surface area contributed by atoms with Crippen molar-refractivity contribution in [2.24, 2.45) is 5.92 Å². The molecule has 0 N–H and O–H groups in total. The van der Waals surface area contributed by atoms with Crippen molar-refractivity contribution in [3.8, 4) is 5.75 Å². The molecular formula is C29H30N2O3. The maximum atomic E-state index is 13.9. The third kappa shape index (κ3) is 5.79. The Hall–Kier alpha value is -3.73. The van der Waals surface area contributed by atoms with E-state index in [1.54, 1.807) is 18.3 Å². The molecule has 2 atom stereocenters. The van der Waals surface area contributed by atoms with E-state index in [4.69, 9.17) is 4.74 Å². The number of nitrogens with zero attached hydrogens (tertiary/aromatic N) is 2. The number of amides is 1. The van der Waals surface area contributed by atoms with Crippen molar-refractivity contribution in [3.05, 3.63) is 108 Å². The summed E-state index contributed by atoms with van der Waals surface area (Å²) in [6.07, 6.45) is 9.08.